The topological polar surface area (TPSA) is 41.1 Å². The first kappa shape index (κ1) is 16.9. The Labute approximate surface area is 146 Å². The van der Waals surface area contributed by atoms with Gasteiger partial charge in [-0.15, -0.1) is 0 Å². The van der Waals surface area contributed by atoms with Crippen molar-refractivity contribution in [3.05, 3.63) is 62.8 Å². The van der Waals surface area contributed by atoms with Crippen LogP contribution < -0.4 is 10.6 Å². The van der Waals surface area contributed by atoms with Gasteiger partial charge < -0.3 is 5.32 Å². The van der Waals surface area contributed by atoms with Crippen molar-refractivity contribution >= 4 is 56.5 Å². The number of aryl methyl sites for hydroxylation is 1. The maximum Gasteiger partial charge on any atom is 0.257 e. The van der Waals surface area contributed by atoms with E-state index >= 15 is 0 Å². The van der Waals surface area contributed by atoms with E-state index in [4.69, 9.17) is 23.8 Å². The van der Waals surface area contributed by atoms with Crippen molar-refractivity contribution in [1.29, 1.82) is 0 Å². The maximum absolute atomic E-state index is 13.1. The van der Waals surface area contributed by atoms with Gasteiger partial charge in [-0.1, -0.05) is 33.6 Å². The van der Waals surface area contributed by atoms with Crippen LogP contribution >= 0.6 is 39.7 Å². The van der Waals surface area contributed by atoms with Crippen LogP contribution in [0.25, 0.3) is 0 Å². The van der Waals surface area contributed by atoms with Crippen molar-refractivity contribution in [2.75, 3.05) is 5.32 Å². The summed E-state index contributed by atoms with van der Waals surface area (Å²) in [6, 6.07) is 9.32. The first-order valence-corrected chi connectivity index (χ1v) is 7.78. The SMILES string of the molecule is Cc1ccc(C(=O)NC(=S)Nc2ccc(F)c(Cl)c2)cc1Br. The minimum Gasteiger partial charge on any atom is -0.332 e. The van der Waals surface area contributed by atoms with Crippen molar-refractivity contribution in [3.8, 4) is 0 Å². The molecule has 2 aromatic rings. The van der Waals surface area contributed by atoms with Gasteiger partial charge in [-0.25, -0.2) is 4.39 Å². The second kappa shape index (κ2) is 7.17. The highest BCUT2D eigenvalue weighted by molar-refractivity contribution is 9.10. The number of nitrogens with one attached hydrogen (secondary N) is 2. The fourth-order valence-corrected chi connectivity index (χ4v) is 2.42. The van der Waals surface area contributed by atoms with E-state index in [1.54, 1.807) is 12.1 Å². The number of amides is 1. The molecule has 0 heterocycles. The lowest BCUT2D eigenvalue weighted by molar-refractivity contribution is 0.0977. The Morgan fingerprint density at radius 1 is 1.27 bits per heavy atom. The highest BCUT2D eigenvalue weighted by atomic mass is 79.9. The first-order valence-electron chi connectivity index (χ1n) is 6.20. The highest BCUT2D eigenvalue weighted by Gasteiger charge is 2.10. The van der Waals surface area contributed by atoms with Gasteiger partial charge in [-0.2, -0.15) is 0 Å². The van der Waals surface area contributed by atoms with Crippen LogP contribution in [0.5, 0.6) is 0 Å². The zero-order valence-electron chi connectivity index (χ0n) is 11.4. The largest absolute Gasteiger partial charge is 0.332 e. The molecule has 1 amide bonds. The Kier molecular flexibility index (Phi) is 5.50. The van der Waals surface area contributed by atoms with E-state index in [0.717, 1.165) is 10.0 Å². The predicted molar refractivity (Wildman–Crippen MR) is 94.0 cm³/mol. The van der Waals surface area contributed by atoms with Crippen LogP contribution in [0.2, 0.25) is 5.02 Å². The molecule has 114 valence electrons. The molecule has 0 spiro atoms. The van der Waals surface area contributed by atoms with Gasteiger partial charge in [0.05, 0.1) is 5.02 Å². The highest BCUT2D eigenvalue weighted by Crippen LogP contribution is 2.19. The molecule has 0 aromatic heterocycles. The molecule has 0 fully saturated rings. The van der Waals surface area contributed by atoms with E-state index in [1.165, 1.54) is 18.2 Å². The number of carbonyl (C=O) groups excluding carboxylic acids is 1. The number of hydrogen-bond donors (Lipinski definition) is 2. The normalized spacial score (nSPS) is 10.2. The van der Waals surface area contributed by atoms with Gasteiger partial charge in [0.15, 0.2) is 5.11 Å². The van der Waals surface area contributed by atoms with Crippen molar-refractivity contribution in [2.45, 2.75) is 6.92 Å². The maximum atomic E-state index is 13.1. The van der Waals surface area contributed by atoms with Crippen molar-refractivity contribution in [3.63, 3.8) is 0 Å². The van der Waals surface area contributed by atoms with Crippen LogP contribution in [0.4, 0.5) is 10.1 Å². The first-order chi connectivity index (χ1) is 10.4. The smallest absolute Gasteiger partial charge is 0.257 e. The summed E-state index contributed by atoms with van der Waals surface area (Å²) in [6.07, 6.45) is 0. The third-order valence-corrected chi connectivity index (χ3v) is 4.19. The quantitative estimate of drug-likeness (QED) is 0.718. The van der Waals surface area contributed by atoms with E-state index in [2.05, 4.69) is 26.6 Å². The molecule has 22 heavy (non-hydrogen) atoms. The van der Waals surface area contributed by atoms with E-state index < -0.39 is 5.82 Å². The van der Waals surface area contributed by atoms with Crippen LogP contribution in [0.15, 0.2) is 40.9 Å². The summed E-state index contributed by atoms with van der Waals surface area (Å²) in [5.41, 5.74) is 1.98. The molecule has 3 nitrogen and oxygen atoms in total. The minimum absolute atomic E-state index is 0.0263. The lowest BCUT2D eigenvalue weighted by atomic mass is 10.1. The van der Waals surface area contributed by atoms with Gasteiger partial charge in [0.2, 0.25) is 0 Å². The molecule has 2 rings (SSSR count). The van der Waals surface area contributed by atoms with Crippen molar-refractivity contribution < 1.29 is 9.18 Å². The average molecular weight is 402 g/mol. The summed E-state index contributed by atoms with van der Waals surface area (Å²) in [6.45, 7) is 1.93. The molecule has 2 aromatic carbocycles. The minimum atomic E-state index is -0.522. The van der Waals surface area contributed by atoms with Gasteiger partial charge in [0.1, 0.15) is 5.82 Å². The molecule has 0 atom stereocenters. The fraction of sp³-hybridized carbons (Fsp3) is 0.0667. The predicted octanol–water partition coefficient (Wildman–Crippen LogP) is 4.68. The molecule has 0 radical (unpaired) electrons. The summed E-state index contributed by atoms with van der Waals surface area (Å²) in [5, 5.41) is 5.40. The molecule has 0 unspecified atom stereocenters. The van der Waals surface area contributed by atoms with Crippen LogP contribution in [0.1, 0.15) is 15.9 Å². The van der Waals surface area contributed by atoms with Gasteiger partial charge >= 0.3 is 0 Å². The Hall–Kier alpha value is -1.50. The van der Waals surface area contributed by atoms with Crippen LogP contribution in [0, 0.1) is 12.7 Å². The zero-order chi connectivity index (χ0) is 16.3. The Morgan fingerprint density at radius 2 is 2.00 bits per heavy atom. The van der Waals surface area contributed by atoms with Crippen molar-refractivity contribution in [1.82, 2.24) is 5.32 Å². The number of halogens is 3. The molecule has 0 bridgehead atoms. The second-order valence-corrected chi connectivity index (χ2v) is 6.17. The van der Waals surface area contributed by atoms with E-state index in [0.29, 0.717) is 11.3 Å². The monoisotopic (exact) mass is 400 g/mol. The third kappa shape index (κ3) is 4.25. The molecule has 7 heteroatoms. The number of hydrogen-bond acceptors (Lipinski definition) is 2. The zero-order valence-corrected chi connectivity index (χ0v) is 14.6. The molecule has 0 saturated heterocycles. The second-order valence-electron chi connectivity index (χ2n) is 4.50. The third-order valence-electron chi connectivity index (χ3n) is 2.84. The molecule has 0 saturated carbocycles. The number of anilines is 1. The van der Waals surface area contributed by atoms with Crippen molar-refractivity contribution in [2.24, 2.45) is 0 Å². The number of carbonyl (C=O) groups is 1. The summed E-state index contributed by atoms with van der Waals surface area (Å²) in [5.74, 6) is -0.863. The van der Waals surface area contributed by atoms with Gasteiger partial charge in [-0.3, -0.25) is 10.1 Å². The summed E-state index contributed by atoms with van der Waals surface area (Å²) in [4.78, 5) is 12.1. The van der Waals surface area contributed by atoms with Gasteiger partial charge in [0, 0.05) is 15.7 Å². The number of rotatable bonds is 2. The molecule has 0 aliphatic heterocycles. The summed E-state index contributed by atoms with van der Waals surface area (Å²) in [7, 11) is 0. The van der Waals surface area contributed by atoms with Crippen LogP contribution in [-0.2, 0) is 0 Å². The van der Waals surface area contributed by atoms with E-state index in [1.807, 2.05) is 13.0 Å². The lowest BCUT2D eigenvalue weighted by Gasteiger charge is -2.10. The van der Waals surface area contributed by atoms with E-state index in [9.17, 15) is 9.18 Å². The standard InChI is InChI=1S/C15H11BrClFN2OS/c1-8-2-3-9(6-11(8)16)14(21)20-15(22)19-10-4-5-13(18)12(17)7-10/h2-7H,1H3,(H2,19,20,21,22). The fourth-order valence-electron chi connectivity index (χ4n) is 1.65. The molecule has 0 aliphatic rings. The Balaban J connectivity index is 2.03. The number of benzene rings is 2. The van der Waals surface area contributed by atoms with Gasteiger partial charge in [-0.05, 0) is 55.0 Å². The molecular weight excluding hydrogens is 391 g/mol. The Bertz CT molecular complexity index is 754. The van der Waals surface area contributed by atoms with E-state index in [-0.39, 0.29) is 16.0 Å². The number of thiocarbonyl (C=S) groups is 1. The van der Waals surface area contributed by atoms with Gasteiger partial charge in [0.25, 0.3) is 5.91 Å². The molecule has 0 aliphatic carbocycles. The average Bonchev–Trinajstić information content (AvgIpc) is 2.45. The van der Waals surface area contributed by atoms with Crippen LogP contribution in [-0.4, -0.2) is 11.0 Å². The van der Waals surface area contributed by atoms with Crippen LogP contribution in [0.3, 0.4) is 0 Å². The molecule has 2 N–H and O–H groups in total. The summed E-state index contributed by atoms with van der Waals surface area (Å²) < 4.78 is 13.9. The summed E-state index contributed by atoms with van der Waals surface area (Å²) >= 11 is 14.1. The lowest BCUT2D eigenvalue weighted by Crippen LogP contribution is -2.34. The molecular formula is C15H11BrClFN2OS. The Morgan fingerprint density at radius 3 is 2.64 bits per heavy atom.